The Balaban J connectivity index is 0.941. The largest absolute Gasteiger partial charge is 0.459 e. The van der Waals surface area contributed by atoms with Gasteiger partial charge in [0.1, 0.15) is 43.7 Å². The Kier molecular flexibility index (Phi) is 23.6. The first-order valence-corrected chi connectivity index (χ1v) is 32.8. The molecular formula is C78H68O25. The van der Waals surface area contributed by atoms with Gasteiger partial charge in [0.15, 0.2) is 67.9 Å². The van der Waals surface area contributed by atoms with Crippen LogP contribution in [0.25, 0.3) is 0 Å². The number of carbonyl (C=O) groups excluding carboxylic acids is 9. The van der Waals surface area contributed by atoms with Crippen molar-refractivity contribution in [3.05, 3.63) is 287 Å². The lowest BCUT2D eigenvalue weighted by Gasteiger charge is -2.48. The van der Waals surface area contributed by atoms with Crippen LogP contribution in [0.5, 0.6) is 0 Å². The Morgan fingerprint density at radius 1 is 0.282 bits per heavy atom. The molecule has 530 valence electrons. The molecule has 0 saturated carbocycles. The lowest BCUT2D eigenvalue weighted by Crippen LogP contribution is -2.67. The van der Waals surface area contributed by atoms with Crippen LogP contribution in [0.3, 0.4) is 0 Å². The minimum absolute atomic E-state index is 0.00162. The van der Waals surface area contributed by atoms with Gasteiger partial charge in [0.2, 0.25) is 0 Å². The zero-order chi connectivity index (χ0) is 71.8. The second kappa shape index (κ2) is 33.9. The highest BCUT2D eigenvalue weighted by molar-refractivity contribution is 5.93. The molecule has 12 rings (SSSR count). The van der Waals surface area contributed by atoms with Gasteiger partial charge >= 0.3 is 53.7 Å². The number of ether oxygens (including phenoxy) is 16. The number of carbonyl (C=O) groups is 9. The van der Waals surface area contributed by atoms with Crippen molar-refractivity contribution < 1.29 is 119 Å². The van der Waals surface area contributed by atoms with E-state index in [-0.39, 0.29) is 44.5 Å². The van der Waals surface area contributed by atoms with Crippen LogP contribution in [-0.4, -0.2) is 172 Å². The van der Waals surface area contributed by atoms with Crippen molar-refractivity contribution in [2.24, 2.45) is 0 Å². The third-order valence-corrected chi connectivity index (χ3v) is 16.8. The van der Waals surface area contributed by atoms with E-state index in [9.17, 15) is 43.2 Å². The van der Waals surface area contributed by atoms with Gasteiger partial charge in [-0.1, -0.05) is 146 Å². The van der Waals surface area contributed by atoms with Gasteiger partial charge < -0.3 is 75.8 Å². The van der Waals surface area contributed by atoms with E-state index in [4.69, 9.17) is 75.8 Å². The predicted molar refractivity (Wildman–Crippen MR) is 355 cm³/mol. The molecule has 8 aromatic carbocycles. The summed E-state index contributed by atoms with van der Waals surface area (Å²) in [6.07, 6.45) is -27.6. The Hall–Kier alpha value is -11.3. The van der Waals surface area contributed by atoms with Gasteiger partial charge in [0.25, 0.3) is 0 Å². The molecule has 0 aliphatic carbocycles. The molecular weight excluding hydrogens is 1340 g/mol. The average Bonchev–Trinajstić information content (AvgIpc) is 1.74. The summed E-state index contributed by atoms with van der Waals surface area (Å²) in [4.78, 5) is 129. The van der Waals surface area contributed by atoms with Gasteiger partial charge in [-0.15, -0.1) is 0 Å². The quantitative estimate of drug-likeness (QED) is 0.0402. The highest BCUT2D eigenvalue weighted by Gasteiger charge is 2.60. The monoisotopic (exact) mass is 1400 g/mol. The van der Waals surface area contributed by atoms with E-state index in [1.165, 1.54) is 104 Å². The first-order valence-electron chi connectivity index (χ1n) is 32.8. The molecule has 0 bridgehead atoms. The molecule has 4 aliphatic rings. The van der Waals surface area contributed by atoms with Gasteiger partial charge in [-0.2, -0.15) is 0 Å². The fourth-order valence-corrected chi connectivity index (χ4v) is 11.8. The van der Waals surface area contributed by atoms with Crippen molar-refractivity contribution in [3.63, 3.8) is 0 Å². The van der Waals surface area contributed by atoms with Crippen LogP contribution in [0.4, 0.5) is 0 Å². The van der Waals surface area contributed by atoms with E-state index >= 15 is 0 Å². The third-order valence-electron chi connectivity index (χ3n) is 16.8. The van der Waals surface area contributed by atoms with Crippen molar-refractivity contribution in [2.45, 2.75) is 112 Å². The molecule has 8 aromatic rings. The maximum absolute atomic E-state index is 14.7. The summed E-state index contributed by atoms with van der Waals surface area (Å²) in [6.45, 7) is 0.343. The third kappa shape index (κ3) is 17.9. The van der Waals surface area contributed by atoms with Crippen molar-refractivity contribution in [3.8, 4) is 0 Å². The average molecular weight is 1410 g/mol. The molecule has 4 aliphatic heterocycles. The number of benzene rings is 8. The zero-order valence-corrected chi connectivity index (χ0v) is 55.2. The molecule has 25 heteroatoms. The van der Waals surface area contributed by atoms with Gasteiger partial charge in [0, 0.05) is 6.92 Å². The van der Waals surface area contributed by atoms with Crippen LogP contribution in [0.1, 0.15) is 96.7 Å². The van der Waals surface area contributed by atoms with E-state index < -0.39 is 172 Å². The fraction of sp³-hybridized carbons (Fsp3) is 0.269. The Morgan fingerprint density at radius 2 is 0.553 bits per heavy atom. The molecule has 0 radical (unpaired) electrons. The molecule has 0 spiro atoms. The standard InChI is InChI=1S/C78H68O25/c1-46(79)91-59-58(45-90-76-65(101-74(86)54-39-23-9-24-40-54)62(99-72(84)52-35-19-7-20-36-52)60(97-70(82)50-31-15-5-16-32-50)56(94-76)43-88-68(80)48-27-11-3-12-28-48)95-77-66(92-47(2)93-77)64(59)103-78-67(102-75(87)55-41-25-10-26-42-55)63(100-73(85)53-37-21-8-22-38-53)61(98-71(83)51-33-17-6-18-34-51)57(96-78)44-89-69(81)49-29-13-4-14-30-49/h3-42,47,56-67,76-78H,43-45H2,1-2H3/t47?,56-,57-,58-,59-,60-,61-,62+,63+,64+,65+,66+,67+,76+,77-,78-/m1/s1. The van der Waals surface area contributed by atoms with Crippen LogP contribution in [-0.2, 0) is 80.6 Å². The Bertz CT molecular complexity index is 4200. The van der Waals surface area contributed by atoms with Crippen molar-refractivity contribution >= 4 is 53.7 Å². The maximum Gasteiger partial charge on any atom is 0.338 e. The van der Waals surface area contributed by atoms with E-state index in [1.54, 1.807) is 146 Å². The van der Waals surface area contributed by atoms with E-state index in [1.807, 2.05) is 0 Å². The number of hydrogen-bond donors (Lipinski definition) is 0. The normalized spacial score (nSPS) is 25.5. The highest BCUT2D eigenvalue weighted by atomic mass is 16.8. The van der Waals surface area contributed by atoms with Crippen LogP contribution in [0, 0.1) is 0 Å². The topological polar surface area (TPSA) is 301 Å². The van der Waals surface area contributed by atoms with E-state index in [0.29, 0.717) is 0 Å². The molecule has 4 fully saturated rings. The summed E-state index contributed by atoms with van der Waals surface area (Å²) in [5.41, 5.74) is 0.297. The fourth-order valence-electron chi connectivity index (χ4n) is 11.8. The minimum atomic E-state index is -2.03. The molecule has 1 unspecified atom stereocenters. The summed E-state index contributed by atoms with van der Waals surface area (Å²) < 4.78 is 102. The Labute approximate surface area is 589 Å². The molecule has 4 heterocycles. The molecule has 0 aromatic heterocycles. The van der Waals surface area contributed by atoms with Crippen molar-refractivity contribution in [1.29, 1.82) is 0 Å². The summed E-state index contributed by atoms with van der Waals surface area (Å²) in [6, 6.07) is 62.0. The van der Waals surface area contributed by atoms with E-state index in [2.05, 4.69) is 0 Å². The van der Waals surface area contributed by atoms with Crippen LogP contribution >= 0.6 is 0 Å². The number of fused-ring (bicyclic) bond motifs is 1. The van der Waals surface area contributed by atoms with Gasteiger partial charge in [-0.3, -0.25) is 4.79 Å². The molecule has 103 heavy (non-hydrogen) atoms. The first kappa shape index (κ1) is 71.5. The second-order valence-corrected chi connectivity index (χ2v) is 23.8. The van der Waals surface area contributed by atoms with Gasteiger partial charge in [-0.05, 0) is 104 Å². The summed E-state index contributed by atoms with van der Waals surface area (Å²) in [7, 11) is 0. The maximum atomic E-state index is 14.7. The molecule has 25 nitrogen and oxygen atoms in total. The number of hydrogen-bond acceptors (Lipinski definition) is 25. The molecule has 16 atom stereocenters. The summed E-state index contributed by atoms with van der Waals surface area (Å²) in [5, 5.41) is 0. The van der Waals surface area contributed by atoms with Crippen molar-refractivity contribution in [2.75, 3.05) is 19.8 Å². The van der Waals surface area contributed by atoms with E-state index in [0.717, 1.165) is 6.92 Å². The number of rotatable bonds is 24. The first-order chi connectivity index (χ1) is 50.1. The minimum Gasteiger partial charge on any atom is -0.459 e. The zero-order valence-electron chi connectivity index (χ0n) is 55.2. The molecule has 0 amide bonds. The Morgan fingerprint density at radius 3 is 0.883 bits per heavy atom. The highest BCUT2D eigenvalue weighted by Crippen LogP contribution is 2.40. The molecule has 4 saturated heterocycles. The van der Waals surface area contributed by atoms with Crippen LogP contribution in [0.2, 0.25) is 0 Å². The van der Waals surface area contributed by atoms with Gasteiger partial charge in [0.05, 0.1) is 51.1 Å². The lowest BCUT2D eigenvalue weighted by molar-refractivity contribution is -0.348. The van der Waals surface area contributed by atoms with Gasteiger partial charge in [-0.25, -0.2) is 38.4 Å². The number of esters is 9. The SMILES string of the molecule is CC(=O)O[C@H]1[C@H](O[C@H]2O[C@H](COC(=O)c3ccccc3)[C@@H](OC(=O)c3ccccc3)[C@H](OC(=O)c3ccccc3)[C@@H]2OC(=O)c2ccccc2)[C@@H]2OC(C)O[C@@H]2O[C@@H]1CO[C@H]1O[C@H](COC(=O)c2ccccc2)[C@@H](OC(=O)c2ccccc2)[C@H](OC(=O)c2ccccc2)[C@@H]1OC(=O)c1ccccc1. The van der Waals surface area contributed by atoms with Crippen molar-refractivity contribution in [1.82, 2.24) is 0 Å². The van der Waals surface area contributed by atoms with Crippen LogP contribution in [0.15, 0.2) is 243 Å². The second-order valence-electron chi connectivity index (χ2n) is 23.8. The lowest BCUT2D eigenvalue weighted by atomic mass is 9.95. The summed E-state index contributed by atoms with van der Waals surface area (Å²) in [5.74, 6) is -8.62. The predicted octanol–water partition coefficient (Wildman–Crippen LogP) is 9.32. The smallest absolute Gasteiger partial charge is 0.338 e. The molecule has 0 N–H and O–H groups in total. The van der Waals surface area contributed by atoms with Crippen LogP contribution < -0.4 is 0 Å². The summed E-state index contributed by atoms with van der Waals surface area (Å²) >= 11 is 0.